The summed E-state index contributed by atoms with van der Waals surface area (Å²) in [5.41, 5.74) is 14.0. The molecule has 266 valence electrons. The van der Waals surface area contributed by atoms with Crippen LogP contribution in [0.15, 0.2) is 176 Å². The predicted molar refractivity (Wildman–Crippen MR) is 240 cm³/mol. The first-order valence-electron chi connectivity index (χ1n) is 19.3. The zero-order chi connectivity index (χ0) is 36.6. The maximum atomic E-state index is 2.46. The zero-order valence-corrected chi connectivity index (χ0v) is 31.2. The first-order chi connectivity index (χ1) is 26.5. The van der Waals surface area contributed by atoms with Gasteiger partial charge in [0.15, 0.2) is 0 Å². The molecule has 9 aromatic carbocycles. The highest BCUT2D eigenvalue weighted by Gasteiger charge is 2.36. The minimum Gasteiger partial charge on any atom is -0.309 e. The summed E-state index contributed by atoms with van der Waals surface area (Å²) in [6, 6.07) is 65.4. The molecular weight excluding hydrogens is 663 g/mol. The third-order valence-electron chi connectivity index (χ3n) is 11.8. The highest BCUT2D eigenvalue weighted by atomic mass is 15.0. The SMILES string of the molecule is C.CC.CC1(C)c2ccccc2-c2cc3c4cc(-c5cccc(-c6ccc7c8ccccc8c8ccccc8c7c6)c5)ccc4n(-c4ccccc4)c3cc21. The standard InChI is InChI=1S/C51H35N.C2H6.CH4/c1-51(2)47-22-11-10-21-42(47)44-30-46-45-29-35(24-26-49(45)52(50(46)31-48(44)51)36-15-4-3-5-16-36)33-14-12-13-32(27-33)34-23-25-41-39-19-7-6-17-37(39)38-18-8-9-20-40(38)43(41)28-34;1-2;/h3-31H,1-2H3;1-2H3;1H4. The quantitative estimate of drug-likeness (QED) is 0.161. The number of hydrogen-bond acceptors (Lipinski definition) is 0. The van der Waals surface area contributed by atoms with Gasteiger partial charge in [0, 0.05) is 21.9 Å². The van der Waals surface area contributed by atoms with Crippen molar-refractivity contribution < 1.29 is 0 Å². The number of para-hydroxylation sites is 1. The maximum absolute atomic E-state index is 2.46. The molecule has 0 unspecified atom stereocenters. The van der Waals surface area contributed by atoms with E-state index in [1.54, 1.807) is 0 Å². The lowest BCUT2D eigenvalue weighted by Crippen LogP contribution is -2.14. The van der Waals surface area contributed by atoms with Gasteiger partial charge in [-0.1, -0.05) is 163 Å². The molecule has 55 heavy (non-hydrogen) atoms. The topological polar surface area (TPSA) is 4.93 Å². The van der Waals surface area contributed by atoms with Crippen molar-refractivity contribution in [1.82, 2.24) is 4.57 Å². The van der Waals surface area contributed by atoms with Gasteiger partial charge >= 0.3 is 0 Å². The minimum atomic E-state index is -0.0637. The van der Waals surface area contributed by atoms with Crippen molar-refractivity contribution in [3.63, 3.8) is 0 Å². The number of rotatable bonds is 3. The van der Waals surface area contributed by atoms with E-state index in [2.05, 4.69) is 194 Å². The Kier molecular flexibility index (Phi) is 8.21. The van der Waals surface area contributed by atoms with E-state index in [-0.39, 0.29) is 12.8 Å². The summed E-state index contributed by atoms with van der Waals surface area (Å²) >= 11 is 0. The van der Waals surface area contributed by atoms with Crippen molar-refractivity contribution in [2.75, 3.05) is 0 Å². The highest BCUT2D eigenvalue weighted by molar-refractivity contribution is 6.25. The average molecular weight is 708 g/mol. The van der Waals surface area contributed by atoms with Crippen LogP contribution in [0.1, 0.15) is 46.2 Å². The Morgan fingerprint density at radius 1 is 0.345 bits per heavy atom. The van der Waals surface area contributed by atoms with Crippen LogP contribution < -0.4 is 0 Å². The van der Waals surface area contributed by atoms with Crippen LogP contribution in [0.2, 0.25) is 0 Å². The van der Waals surface area contributed by atoms with Crippen molar-refractivity contribution in [2.24, 2.45) is 0 Å². The lowest BCUT2D eigenvalue weighted by molar-refractivity contribution is 0.661. The molecule has 1 aliphatic carbocycles. The Hall–Kier alpha value is -6.44. The molecule has 0 aliphatic heterocycles. The van der Waals surface area contributed by atoms with Crippen LogP contribution in [-0.4, -0.2) is 4.57 Å². The Balaban J connectivity index is 0.00000130. The molecule has 0 amide bonds. The Morgan fingerprint density at radius 2 is 0.855 bits per heavy atom. The second-order valence-corrected chi connectivity index (χ2v) is 14.9. The molecule has 0 radical (unpaired) electrons. The molecular formula is C54H45N. The summed E-state index contributed by atoms with van der Waals surface area (Å²) < 4.78 is 2.45. The summed E-state index contributed by atoms with van der Waals surface area (Å²) in [4.78, 5) is 0. The van der Waals surface area contributed by atoms with Crippen molar-refractivity contribution in [3.05, 3.63) is 187 Å². The van der Waals surface area contributed by atoms with Gasteiger partial charge in [0.2, 0.25) is 0 Å². The number of aromatic nitrogens is 1. The van der Waals surface area contributed by atoms with E-state index in [1.807, 2.05) is 13.8 Å². The van der Waals surface area contributed by atoms with Gasteiger partial charge in [-0.3, -0.25) is 0 Å². The van der Waals surface area contributed by atoms with E-state index < -0.39 is 0 Å². The normalized spacial score (nSPS) is 12.7. The van der Waals surface area contributed by atoms with Gasteiger partial charge in [0.05, 0.1) is 11.0 Å². The fourth-order valence-corrected chi connectivity index (χ4v) is 9.21. The smallest absolute Gasteiger partial charge is 0.0544 e. The summed E-state index contributed by atoms with van der Waals surface area (Å²) in [5, 5.41) is 10.4. The summed E-state index contributed by atoms with van der Waals surface area (Å²) in [5.74, 6) is 0. The molecule has 0 fully saturated rings. The second kappa shape index (κ2) is 13.1. The molecule has 0 N–H and O–H groups in total. The van der Waals surface area contributed by atoms with Gasteiger partial charge in [-0.2, -0.15) is 0 Å². The maximum Gasteiger partial charge on any atom is 0.0544 e. The van der Waals surface area contributed by atoms with Gasteiger partial charge < -0.3 is 4.57 Å². The van der Waals surface area contributed by atoms with Gasteiger partial charge in [-0.15, -0.1) is 0 Å². The van der Waals surface area contributed by atoms with Crippen LogP contribution in [0.25, 0.3) is 93.2 Å². The number of hydrogen-bond donors (Lipinski definition) is 0. The fraction of sp³-hybridized carbons (Fsp3) is 0.111. The molecule has 1 aliphatic rings. The molecule has 0 saturated carbocycles. The molecule has 11 rings (SSSR count). The average Bonchev–Trinajstić information content (AvgIpc) is 3.68. The number of fused-ring (bicyclic) bond motifs is 12. The number of benzene rings is 9. The molecule has 0 spiro atoms. The van der Waals surface area contributed by atoms with Crippen LogP contribution in [0.4, 0.5) is 0 Å². The van der Waals surface area contributed by atoms with E-state index in [0.29, 0.717) is 0 Å². The lowest BCUT2D eigenvalue weighted by Gasteiger charge is -2.21. The third kappa shape index (κ3) is 5.14. The number of nitrogens with zero attached hydrogens (tertiary/aromatic N) is 1. The fourth-order valence-electron chi connectivity index (χ4n) is 9.21. The molecule has 1 heterocycles. The van der Waals surface area contributed by atoms with Gasteiger partial charge in [0.1, 0.15) is 0 Å². The Labute approximate surface area is 324 Å². The van der Waals surface area contributed by atoms with Crippen molar-refractivity contribution in [1.29, 1.82) is 0 Å². The van der Waals surface area contributed by atoms with E-state index in [4.69, 9.17) is 0 Å². The molecule has 1 heteroatoms. The van der Waals surface area contributed by atoms with Crippen molar-refractivity contribution in [3.8, 4) is 39.1 Å². The van der Waals surface area contributed by atoms with Gasteiger partial charge in [-0.05, 0) is 125 Å². The van der Waals surface area contributed by atoms with Crippen LogP contribution in [0, 0.1) is 0 Å². The molecule has 1 nitrogen and oxygen atoms in total. The van der Waals surface area contributed by atoms with E-state index in [9.17, 15) is 0 Å². The first kappa shape index (κ1) is 34.3. The summed E-state index contributed by atoms with van der Waals surface area (Å²) in [7, 11) is 0. The van der Waals surface area contributed by atoms with Crippen molar-refractivity contribution in [2.45, 2.75) is 40.5 Å². The molecule has 1 aromatic heterocycles. The molecule has 10 aromatic rings. The van der Waals surface area contributed by atoms with Crippen LogP contribution in [0.5, 0.6) is 0 Å². The second-order valence-electron chi connectivity index (χ2n) is 14.9. The van der Waals surface area contributed by atoms with E-state index >= 15 is 0 Å². The zero-order valence-electron chi connectivity index (χ0n) is 31.2. The van der Waals surface area contributed by atoms with Crippen molar-refractivity contribution >= 4 is 54.1 Å². The van der Waals surface area contributed by atoms with Gasteiger partial charge in [-0.25, -0.2) is 0 Å². The summed E-state index contributed by atoms with van der Waals surface area (Å²) in [6.07, 6.45) is 0. The lowest BCUT2D eigenvalue weighted by atomic mass is 9.82. The van der Waals surface area contributed by atoms with Crippen LogP contribution in [0.3, 0.4) is 0 Å². The highest BCUT2D eigenvalue weighted by Crippen LogP contribution is 2.51. The van der Waals surface area contributed by atoms with E-state index in [1.165, 1.54) is 104 Å². The van der Waals surface area contributed by atoms with Gasteiger partial charge in [0.25, 0.3) is 0 Å². The third-order valence-corrected chi connectivity index (χ3v) is 11.8. The molecule has 0 bridgehead atoms. The monoisotopic (exact) mass is 707 g/mol. The molecule has 0 atom stereocenters. The Morgan fingerprint density at radius 3 is 1.53 bits per heavy atom. The minimum absolute atomic E-state index is 0. The largest absolute Gasteiger partial charge is 0.309 e. The predicted octanol–water partition coefficient (Wildman–Crippen LogP) is 15.5. The van der Waals surface area contributed by atoms with E-state index in [0.717, 1.165) is 0 Å². The summed E-state index contributed by atoms with van der Waals surface area (Å²) in [6.45, 7) is 8.73. The molecule has 0 saturated heterocycles. The van der Waals surface area contributed by atoms with Crippen LogP contribution >= 0.6 is 0 Å². The Bertz CT molecular complexity index is 3050. The first-order valence-corrected chi connectivity index (χ1v) is 19.3. The van der Waals surface area contributed by atoms with Crippen LogP contribution in [-0.2, 0) is 5.41 Å².